The van der Waals surface area contributed by atoms with Gasteiger partial charge in [0.2, 0.25) is 0 Å². The second-order valence-electron chi connectivity index (χ2n) is 12.0. The van der Waals surface area contributed by atoms with E-state index in [9.17, 15) is 14.0 Å². The molecule has 5 heterocycles. The number of amides is 1. The summed E-state index contributed by atoms with van der Waals surface area (Å²) in [6.45, 7) is 7.13. The SMILES string of the molecule is CC1CCCN1C(=O)c1cc(F)ccc1Oc1cncnc1N1CCC2(CCN(Cc3ccc4[nH]c(=O)[nH]c4c3)C2)C1. The number of aromatic amines is 2. The molecule has 1 amide bonds. The molecule has 3 aliphatic rings. The zero-order valence-corrected chi connectivity index (χ0v) is 23.6. The number of halogens is 1. The van der Waals surface area contributed by atoms with Crippen molar-refractivity contribution in [1.29, 1.82) is 0 Å². The Morgan fingerprint density at radius 1 is 1.07 bits per heavy atom. The van der Waals surface area contributed by atoms with Crippen molar-refractivity contribution in [3.05, 3.63) is 76.4 Å². The Labute approximate surface area is 242 Å². The molecule has 11 heteroatoms. The lowest BCUT2D eigenvalue weighted by Crippen LogP contribution is -2.34. The highest BCUT2D eigenvalue weighted by Gasteiger charge is 2.44. The van der Waals surface area contributed by atoms with Gasteiger partial charge in [0, 0.05) is 44.2 Å². The van der Waals surface area contributed by atoms with Crippen LogP contribution in [0, 0.1) is 11.2 Å². The Hall–Kier alpha value is -4.25. The number of nitrogens with one attached hydrogen (secondary N) is 2. The number of ether oxygens (including phenoxy) is 1. The van der Waals surface area contributed by atoms with Crippen molar-refractivity contribution in [3.63, 3.8) is 0 Å². The van der Waals surface area contributed by atoms with Gasteiger partial charge in [-0.15, -0.1) is 0 Å². The second kappa shape index (κ2) is 10.5. The van der Waals surface area contributed by atoms with Crippen LogP contribution < -0.4 is 15.3 Å². The van der Waals surface area contributed by atoms with Gasteiger partial charge in [-0.3, -0.25) is 9.69 Å². The van der Waals surface area contributed by atoms with E-state index in [1.807, 2.05) is 19.1 Å². The molecule has 3 saturated heterocycles. The number of anilines is 1. The molecule has 2 aromatic carbocycles. The van der Waals surface area contributed by atoms with Gasteiger partial charge < -0.3 is 24.5 Å². The van der Waals surface area contributed by atoms with Gasteiger partial charge in [0.05, 0.1) is 22.8 Å². The fourth-order valence-corrected chi connectivity index (χ4v) is 6.93. The first kappa shape index (κ1) is 26.6. The molecule has 0 bridgehead atoms. The lowest BCUT2D eigenvalue weighted by molar-refractivity contribution is 0.0744. The van der Waals surface area contributed by atoms with Crippen molar-refractivity contribution in [3.8, 4) is 11.5 Å². The van der Waals surface area contributed by atoms with Gasteiger partial charge in [0.1, 0.15) is 17.9 Å². The molecule has 2 aromatic heterocycles. The predicted molar refractivity (Wildman–Crippen MR) is 156 cm³/mol. The van der Waals surface area contributed by atoms with Crippen molar-refractivity contribution in [2.24, 2.45) is 5.41 Å². The summed E-state index contributed by atoms with van der Waals surface area (Å²) < 4.78 is 20.6. The zero-order valence-electron chi connectivity index (χ0n) is 23.6. The first-order valence-corrected chi connectivity index (χ1v) is 14.6. The van der Waals surface area contributed by atoms with Crippen LogP contribution in [0.5, 0.6) is 11.5 Å². The number of hydrogen-bond acceptors (Lipinski definition) is 7. The molecule has 3 fully saturated rings. The maximum atomic E-state index is 14.3. The molecule has 2 unspecified atom stereocenters. The average Bonchev–Trinajstić information content (AvgIpc) is 3.77. The highest BCUT2D eigenvalue weighted by molar-refractivity contribution is 5.97. The summed E-state index contributed by atoms with van der Waals surface area (Å²) in [6, 6.07) is 10.3. The Balaban J connectivity index is 1.07. The zero-order chi connectivity index (χ0) is 28.8. The fraction of sp³-hybridized carbons (Fsp3) is 0.419. The largest absolute Gasteiger partial charge is 0.451 e. The number of aromatic nitrogens is 4. The van der Waals surface area contributed by atoms with Crippen molar-refractivity contribution in [2.75, 3.05) is 37.6 Å². The van der Waals surface area contributed by atoms with Gasteiger partial charge in [0.25, 0.3) is 5.91 Å². The van der Waals surface area contributed by atoms with E-state index in [1.54, 1.807) is 11.1 Å². The summed E-state index contributed by atoms with van der Waals surface area (Å²) in [5.41, 5.74) is 2.98. The normalized spacial score (nSPS) is 22.6. The second-order valence-corrected chi connectivity index (χ2v) is 12.0. The fourth-order valence-electron chi connectivity index (χ4n) is 6.93. The molecule has 0 aliphatic carbocycles. The minimum atomic E-state index is -0.476. The summed E-state index contributed by atoms with van der Waals surface area (Å²) >= 11 is 0. The number of benzene rings is 2. The van der Waals surface area contributed by atoms with Crippen molar-refractivity contribution < 1.29 is 13.9 Å². The first-order valence-electron chi connectivity index (χ1n) is 14.6. The molecule has 0 saturated carbocycles. The molecule has 4 aromatic rings. The molecule has 2 N–H and O–H groups in total. The monoisotopic (exact) mass is 571 g/mol. The number of hydrogen-bond donors (Lipinski definition) is 2. The van der Waals surface area contributed by atoms with Crippen molar-refractivity contribution in [1.82, 2.24) is 29.7 Å². The van der Waals surface area contributed by atoms with E-state index >= 15 is 0 Å². The topological polar surface area (TPSA) is 110 Å². The maximum Gasteiger partial charge on any atom is 0.323 e. The van der Waals surface area contributed by atoms with E-state index in [1.165, 1.54) is 30.1 Å². The number of fused-ring (bicyclic) bond motifs is 1. The smallest absolute Gasteiger partial charge is 0.323 e. The lowest BCUT2D eigenvalue weighted by Gasteiger charge is -2.26. The summed E-state index contributed by atoms with van der Waals surface area (Å²) in [5, 5.41) is 0. The molecule has 218 valence electrons. The summed E-state index contributed by atoms with van der Waals surface area (Å²) in [6.07, 6.45) is 7.12. The van der Waals surface area contributed by atoms with Crippen LogP contribution in [0.4, 0.5) is 10.2 Å². The van der Waals surface area contributed by atoms with Gasteiger partial charge >= 0.3 is 5.69 Å². The van der Waals surface area contributed by atoms with Crippen molar-refractivity contribution >= 4 is 22.8 Å². The van der Waals surface area contributed by atoms with Crippen LogP contribution in [0.25, 0.3) is 11.0 Å². The van der Waals surface area contributed by atoms with Gasteiger partial charge in [-0.05, 0) is 75.0 Å². The predicted octanol–water partition coefficient (Wildman–Crippen LogP) is 4.30. The number of imidazole rings is 1. The average molecular weight is 572 g/mol. The number of carbonyl (C=O) groups excluding carboxylic acids is 1. The molecule has 3 aliphatic heterocycles. The molecule has 42 heavy (non-hydrogen) atoms. The highest BCUT2D eigenvalue weighted by atomic mass is 19.1. The summed E-state index contributed by atoms with van der Waals surface area (Å²) in [7, 11) is 0. The van der Waals surface area contributed by atoms with E-state index in [4.69, 9.17) is 4.74 Å². The number of H-pyrrole nitrogens is 2. The van der Waals surface area contributed by atoms with E-state index in [-0.39, 0.29) is 28.6 Å². The maximum absolute atomic E-state index is 14.3. The van der Waals surface area contributed by atoms with Crippen LogP contribution in [0.1, 0.15) is 48.5 Å². The van der Waals surface area contributed by atoms with Gasteiger partial charge in [-0.1, -0.05) is 6.07 Å². The highest BCUT2D eigenvalue weighted by Crippen LogP contribution is 2.43. The van der Waals surface area contributed by atoms with Crippen LogP contribution in [-0.2, 0) is 6.54 Å². The quantitative estimate of drug-likeness (QED) is 0.355. The van der Waals surface area contributed by atoms with Crippen molar-refractivity contribution in [2.45, 2.75) is 45.2 Å². The van der Waals surface area contributed by atoms with E-state index in [2.05, 4.69) is 35.8 Å². The van der Waals surface area contributed by atoms with Crippen LogP contribution in [-0.4, -0.2) is 74.4 Å². The number of carbonyl (C=O) groups is 1. The van der Waals surface area contributed by atoms with Gasteiger partial charge in [-0.2, -0.15) is 0 Å². The van der Waals surface area contributed by atoms with Gasteiger partial charge in [-0.25, -0.2) is 19.2 Å². The van der Waals surface area contributed by atoms with Crippen LogP contribution in [0.3, 0.4) is 0 Å². The third kappa shape index (κ3) is 5.02. The molecular weight excluding hydrogens is 537 g/mol. The minimum absolute atomic E-state index is 0.108. The van der Waals surface area contributed by atoms with Crippen LogP contribution >= 0.6 is 0 Å². The minimum Gasteiger partial charge on any atom is -0.451 e. The third-order valence-electron chi connectivity index (χ3n) is 9.11. The molecule has 7 rings (SSSR count). The van der Waals surface area contributed by atoms with E-state index in [0.29, 0.717) is 23.9 Å². The third-order valence-corrected chi connectivity index (χ3v) is 9.11. The standard InChI is InChI=1S/C31H34FN7O3/c1-20-3-2-10-39(20)29(40)23-14-22(32)5-7-26(23)42-27-15-33-19-34-28(27)38-12-9-31(18-38)8-11-37(17-31)16-21-4-6-24-25(13-21)36-30(41)35-24/h4-7,13-15,19-20H,2-3,8-12,16-18H2,1H3,(H2,35,36,41). The van der Waals surface area contributed by atoms with Gasteiger partial charge in [0.15, 0.2) is 11.6 Å². The lowest BCUT2D eigenvalue weighted by atomic mass is 9.86. The molecule has 1 spiro atoms. The number of likely N-dealkylation sites (tertiary alicyclic amines) is 2. The van der Waals surface area contributed by atoms with E-state index < -0.39 is 5.82 Å². The molecular formula is C31H34FN7O3. The number of rotatable bonds is 6. The molecule has 10 nitrogen and oxygen atoms in total. The summed E-state index contributed by atoms with van der Waals surface area (Å²) in [5.74, 6) is 0.739. The summed E-state index contributed by atoms with van der Waals surface area (Å²) in [4.78, 5) is 45.9. The Morgan fingerprint density at radius 3 is 2.79 bits per heavy atom. The molecule has 0 radical (unpaired) electrons. The van der Waals surface area contributed by atoms with E-state index in [0.717, 1.165) is 69.4 Å². The Bertz CT molecular complexity index is 1700. The van der Waals surface area contributed by atoms with Crippen LogP contribution in [0.15, 0.2) is 53.7 Å². The van der Waals surface area contributed by atoms with Crippen LogP contribution in [0.2, 0.25) is 0 Å². The Morgan fingerprint density at radius 2 is 1.93 bits per heavy atom. The Kier molecular flexibility index (Phi) is 6.69. The first-order chi connectivity index (χ1) is 20.4. The number of nitrogens with zero attached hydrogens (tertiary/aromatic N) is 5. The molecule has 2 atom stereocenters.